The van der Waals surface area contributed by atoms with Crippen molar-refractivity contribution in [2.75, 3.05) is 7.11 Å². The molecule has 0 saturated heterocycles. The van der Waals surface area contributed by atoms with Crippen LogP contribution in [0.3, 0.4) is 0 Å². The van der Waals surface area contributed by atoms with Crippen LogP contribution in [0.4, 0.5) is 0 Å². The summed E-state index contributed by atoms with van der Waals surface area (Å²) in [5.74, 6) is -0.268. The van der Waals surface area contributed by atoms with Crippen molar-refractivity contribution < 1.29 is 9.53 Å². The molecule has 0 radical (unpaired) electrons. The van der Waals surface area contributed by atoms with Crippen LogP contribution in [0, 0.1) is 0 Å². The van der Waals surface area contributed by atoms with Crippen molar-refractivity contribution in [3.8, 4) is 0 Å². The van der Waals surface area contributed by atoms with Gasteiger partial charge in [-0.25, -0.2) is 0 Å². The van der Waals surface area contributed by atoms with Gasteiger partial charge in [0.1, 0.15) is 0 Å². The summed E-state index contributed by atoms with van der Waals surface area (Å²) in [6.45, 7) is 6.91. The molecule has 1 atom stereocenters. The van der Waals surface area contributed by atoms with E-state index in [0.717, 1.165) is 16.8 Å². The van der Waals surface area contributed by atoms with Crippen LogP contribution in [0.5, 0.6) is 0 Å². The monoisotopic (exact) mass is 583 g/mol. The van der Waals surface area contributed by atoms with Gasteiger partial charge in [0.05, 0.1) is 0 Å². The zero-order valence-electron chi connectivity index (χ0n) is 22.3. The van der Waals surface area contributed by atoms with Crippen LogP contribution in [0.15, 0.2) is 75.8 Å². The van der Waals surface area contributed by atoms with Crippen LogP contribution >= 0.6 is 0 Å². The van der Waals surface area contributed by atoms with E-state index in [2.05, 4.69) is 55.2 Å². The maximum atomic E-state index is 12.8. The molecule has 1 unspecified atom stereocenters. The standard InChI is InChI=1S/C19H18NO2.3C4H9.Sn/c1-3-10-17(19(21)22-2)20-18(15-11-6-4-7-12-15)16-13-8-5-9-14-16;3*1-3-4-2;/h1,3-9,11-14,17H,10H2,2H3;3*1,3-4H2,2H3;. The molecule has 0 bridgehead atoms. The number of benzene rings is 2. The summed E-state index contributed by atoms with van der Waals surface area (Å²) in [5, 5.41) is 0. The molecule has 190 valence electrons. The number of unbranched alkanes of at least 4 members (excludes halogenated alkanes) is 3. The van der Waals surface area contributed by atoms with Gasteiger partial charge in [-0.3, -0.25) is 0 Å². The van der Waals surface area contributed by atoms with E-state index in [1.54, 1.807) is 0 Å². The minimum absolute atomic E-state index is 0.268. The molecule has 0 aromatic heterocycles. The summed E-state index contributed by atoms with van der Waals surface area (Å²) in [6.07, 6.45) is 10.7. The van der Waals surface area contributed by atoms with Crippen molar-refractivity contribution in [3.05, 3.63) is 82.0 Å². The minimum atomic E-state index is -2.41. The zero-order chi connectivity index (χ0) is 25.4. The number of carbonyl (C=O) groups excluding carboxylic acids is 1. The van der Waals surface area contributed by atoms with Gasteiger partial charge in [-0.05, 0) is 0 Å². The van der Waals surface area contributed by atoms with Crippen LogP contribution in [0.25, 0.3) is 0 Å². The van der Waals surface area contributed by atoms with Gasteiger partial charge in [0.15, 0.2) is 0 Å². The van der Waals surface area contributed by atoms with Crippen molar-refractivity contribution in [2.24, 2.45) is 4.99 Å². The summed E-state index contributed by atoms with van der Waals surface area (Å²) in [6, 6.07) is 19.7. The van der Waals surface area contributed by atoms with E-state index >= 15 is 0 Å². The number of hydrogen-bond donors (Lipinski definition) is 0. The molecule has 35 heavy (non-hydrogen) atoms. The van der Waals surface area contributed by atoms with Gasteiger partial charge < -0.3 is 0 Å². The SMILES string of the molecule is CCC[CH2][Sn](/[CH]=C/CC(N=C(c1ccccc1)c1ccccc1)C(=O)OC)([CH2]CCC)[CH2]CCC. The third-order valence-corrected chi connectivity index (χ3v) is 21.0. The van der Waals surface area contributed by atoms with Crippen LogP contribution in [-0.2, 0) is 9.53 Å². The molecule has 0 aliphatic heterocycles. The van der Waals surface area contributed by atoms with Crippen molar-refractivity contribution in [1.29, 1.82) is 0 Å². The summed E-state index contributed by atoms with van der Waals surface area (Å²) in [4.78, 5) is 17.8. The van der Waals surface area contributed by atoms with Crippen LogP contribution in [0.2, 0.25) is 13.3 Å². The Kier molecular flexibility index (Phi) is 14.0. The Balaban J connectivity index is 2.39. The van der Waals surface area contributed by atoms with Crippen molar-refractivity contribution in [2.45, 2.75) is 85.1 Å². The Morgan fingerprint density at radius 3 is 1.69 bits per heavy atom. The molecule has 0 fully saturated rings. The van der Waals surface area contributed by atoms with E-state index < -0.39 is 24.4 Å². The fraction of sp³-hybridized carbons (Fsp3) is 0.484. The summed E-state index contributed by atoms with van der Waals surface area (Å²) >= 11 is -2.41. The zero-order valence-corrected chi connectivity index (χ0v) is 25.2. The molecule has 2 aromatic rings. The van der Waals surface area contributed by atoms with Gasteiger partial charge in [-0.15, -0.1) is 0 Å². The summed E-state index contributed by atoms with van der Waals surface area (Å²) in [7, 11) is 1.46. The maximum absolute atomic E-state index is 12.8. The second-order valence-electron chi connectivity index (χ2n) is 9.56. The predicted octanol–water partition coefficient (Wildman–Crippen LogP) is 8.40. The van der Waals surface area contributed by atoms with E-state index in [9.17, 15) is 4.79 Å². The van der Waals surface area contributed by atoms with E-state index in [0.29, 0.717) is 6.42 Å². The second-order valence-corrected chi connectivity index (χ2v) is 22.6. The normalized spacial score (nSPS) is 12.5. The number of rotatable bonds is 16. The Hall–Kier alpha value is -1.88. The van der Waals surface area contributed by atoms with E-state index in [4.69, 9.17) is 9.73 Å². The molecule has 0 N–H and O–H groups in total. The molecular formula is C31H45NO2Sn. The number of ether oxygens (including phenoxy) is 1. The van der Waals surface area contributed by atoms with Gasteiger partial charge >= 0.3 is 219 Å². The number of esters is 1. The average molecular weight is 582 g/mol. The first-order chi connectivity index (χ1) is 17.1. The average Bonchev–Trinajstić information content (AvgIpc) is 2.91. The molecule has 0 spiro atoms. The molecule has 0 aliphatic rings. The Morgan fingerprint density at radius 2 is 1.29 bits per heavy atom. The molecule has 0 saturated carbocycles. The first-order valence-electron chi connectivity index (χ1n) is 13.5. The quantitative estimate of drug-likeness (QED) is 0.113. The number of hydrogen-bond acceptors (Lipinski definition) is 3. The van der Waals surface area contributed by atoms with Crippen LogP contribution < -0.4 is 0 Å². The predicted molar refractivity (Wildman–Crippen MR) is 153 cm³/mol. The van der Waals surface area contributed by atoms with E-state index in [1.165, 1.54) is 58.9 Å². The fourth-order valence-corrected chi connectivity index (χ4v) is 19.1. The van der Waals surface area contributed by atoms with Crippen molar-refractivity contribution in [1.82, 2.24) is 0 Å². The Labute approximate surface area is 218 Å². The Bertz CT molecular complexity index is 845. The molecule has 2 rings (SSSR count). The first kappa shape index (κ1) is 29.3. The van der Waals surface area contributed by atoms with Gasteiger partial charge in [0, 0.05) is 0 Å². The Morgan fingerprint density at radius 1 is 0.829 bits per heavy atom. The number of aliphatic imine (C=N–C) groups is 1. The number of methoxy groups -OCH3 is 1. The summed E-state index contributed by atoms with van der Waals surface area (Å²) in [5.41, 5.74) is 2.87. The first-order valence-corrected chi connectivity index (χ1v) is 21.2. The van der Waals surface area contributed by atoms with E-state index in [1.807, 2.05) is 36.4 Å². The molecule has 0 heterocycles. The van der Waals surface area contributed by atoms with E-state index in [-0.39, 0.29) is 5.97 Å². The van der Waals surface area contributed by atoms with Crippen LogP contribution in [0.1, 0.15) is 76.8 Å². The second kappa shape index (κ2) is 16.7. The van der Waals surface area contributed by atoms with Gasteiger partial charge in [0.2, 0.25) is 0 Å². The molecule has 4 heteroatoms. The van der Waals surface area contributed by atoms with Crippen LogP contribution in [-0.4, -0.2) is 43.2 Å². The molecule has 3 nitrogen and oxygen atoms in total. The number of nitrogens with zero attached hydrogens (tertiary/aromatic N) is 1. The van der Waals surface area contributed by atoms with Gasteiger partial charge in [-0.1, -0.05) is 0 Å². The number of carbonyl (C=O) groups is 1. The van der Waals surface area contributed by atoms with Crippen molar-refractivity contribution >= 4 is 30.1 Å². The van der Waals surface area contributed by atoms with Crippen molar-refractivity contribution in [3.63, 3.8) is 0 Å². The molecule has 2 aromatic carbocycles. The third kappa shape index (κ3) is 9.95. The topological polar surface area (TPSA) is 38.7 Å². The fourth-order valence-electron chi connectivity index (χ4n) is 4.66. The third-order valence-electron chi connectivity index (χ3n) is 6.77. The van der Waals surface area contributed by atoms with Gasteiger partial charge in [-0.2, -0.15) is 0 Å². The molecule has 0 aliphatic carbocycles. The van der Waals surface area contributed by atoms with Gasteiger partial charge in [0.25, 0.3) is 0 Å². The molecular weight excluding hydrogens is 537 g/mol. The summed E-state index contributed by atoms with van der Waals surface area (Å²) < 4.78 is 12.1. The molecule has 0 amide bonds.